The van der Waals surface area contributed by atoms with Gasteiger partial charge >= 0.3 is 0 Å². The van der Waals surface area contributed by atoms with Gasteiger partial charge in [0.1, 0.15) is 18.4 Å². The summed E-state index contributed by atoms with van der Waals surface area (Å²) in [6.45, 7) is 2.60. The van der Waals surface area contributed by atoms with Gasteiger partial charge in [0.05, 0.1) is 0 Å². The Balaban J connectivity index is 1.56. The number of allylic oxidation sites excluding steroid dienone is 2. The lowest BCUT2D eigenvalue weighted by Crippen LogP contribution is -2.31. The number of carbonyl (C=O) groups is 1. The number of nitrogens with zero attached hydrogens (tertiary/aromatic N) is 3. The van der Waals surface area contributed by atoms with E-state index in [4.69, 9.17) is 14.8 Å². The van der Waals surface area contributed by atoms with Gasteiger partial charge in [-0.2, -0.15) is 4.98 Å². The van der Waals surface area contributed by atoms with Gasteiger partial charge in [0.25, 0.3) is 0 Å². The van der Waals surface area contributed by atoms with Crippen molar-refractivity contribution in [2.75, 3.05) is 11.1 Å². The molecule has 0 spiro atoms. The van der Waals surface area contributed by atoms with Crippen LogP contribution in [0.3, 0.4) is 0 Å². The van der Waals surface area contributed by atoms with Gasteiger partial charge in [0.2, 0.25) is 11.1 Å². The van der Waals surface area contributed by atoms with Gasteiger partial charge in [-0.25, -0.2) is 4.68 Å². The summed E-state index contributed by atoms with van der Waals surface area (Å²) in [6.07, 6.45) is 3.31. The Hall–Kier alpha value is -3.06. The molecule has 0 saturated carbocycles. The van der Waals surface area contributed by atoms with E-state index in [1.54, 1.807) is 11.8 Å². The Labute approximate surface area is 192 Å². The van der Waals surface area contributed by atoms with Crippen LogP contribution in [0.2, 0.25) is 0 Å². The van der Waals surface area contributed by atoms with E-state index < -0.39 is 0 Å². The fraction of sp³-hybridized carbons (Fsp3) is 0.320. The average molecular weight is 447 g/mol. The lowest BCUT2D eigenvalue weighted by molar-refractivity contribution is -0.116. The minimum absolute atomic E-state index is 0.172. The van der Waals surface area contributed by atoms with E-state index in [1.807, 2.05) is 59.3 Å². The van der Waals surface area contributed by atoms with E-state index in [-0.39, 0.29) is 11.8 Å². The lowest BCUT2D eigenvalue weighted by Gasteiger charge is -2.32. The number of ketones is 1. The van der Waals surface area contributed by atoms with Crippen molar-refractivity contribution in [1.82, 2.24) is 14.8 Å². The van der Waals surface area contributed by atoms with Gasteiger partial charge in [0, 0.05) is 29.0 Å². The second-order valence-corrected chi connectivity index (χ2v) is 9.08. The van der Waals surface area contributed by atoms with E-state index in [0.717, 1.165) is 58.3 Å². The van der Waals surface area contributed by atoms with Gasteiger partial charge in [0.15, 0.2) is 5.78 Å². The van der Waals surface area contributed by atoms with Crippen molar-refractivity contribution in [1.29, 1.82) is 0 Å². The van der Waals surface area contributed by atoms with Crippen LogP contribution in [0.1, 0.15) is 49.8 Å². The summed E-state index contributed by atoms with van der Waals surface area (Å²) in [7, 11) is 0. The van der Waals surface area contributed by atoms with E-state index in [2.05, 4.69) is 12.2 Å². The van der Waals surface area contributed by atoms with E-state index in [0.29, 0.717) is 19.0 Å². The molecule has 0 saturated heterocycles. The van der Waals surface area contributed by atoms with Gasteiger partial charge in [-0.1, -0.05) is 67.2 Å². The molecule has 5 rings (SSSR count). The molecule has 1 atom stereocenters. The van der Waals surface area contributed by atoms with Crippen LogP contribution in [0.5, 0.6) is 5.75 Å². The van der Waals surface area contributed by atoms with Gasteiger partial charge in [-0.15, -0.1) is 5.10 Å². The van der Waals surface area contributed by atoms with Crippen LogP contribution in [0.4, 0.5) is 5.95 Å². The van der Waals surface area contributed by atoms with Crippen LogP contribution < -0.4 is 10.1 Å². The van der Waals surface area contributed by atoms with Crippen molar-refractivity contribution in [2.24, 2.45) is 0 Å². The smallest absolute Gasteiger partial charge is 0.227 e. The summed E-state index contributed by atoms with van der Waals surface area (Å²) in [4.78, 5) is 17.8. The molecule has 1 aromatic heterocycles. The molecule has 2 aliphatic rings. The van der Waals surface area contributed by atoms with Gasteiger partial charge in [-0.05, 0) is 30.9 Å². The van der Waals surface area contributed by atoms with E-state index >= 15 is 0 Å². The molecule has 0 amide bonds. The normalized spacial score (nSPS) is 17.5. The molecule has 0 bridgehead atoms. The zero-order valence-electron chi connectivity index (χ0n) is 18.1. The molecular formula is C25H26N4O2S. The number of anilines is 1. The summed E-state index contributed by atoms with van der Waals surface area (Å²) in [6, 6.07) is 17.7. The number of ether oxygens (including phenoxy) is 1. The molecule has 1 unspecified atom stereocenters. The van der Waals surface area contributed by atoms with Crippen LogP contribution in [0.25, 0.3) is 0 Å². The van der Waals surface area contributed by atoms with Crippen molar-refractivity contribution >= 4 is 23.5 Å². The van der Waals surface area contributed by atoms with Crippen LogP contribution in [0.15, 0.2) is 71.0 Å². The van der Waals surface area contributed by atoms with Crippen molar-refractivity contribution in [3.05, 3.63) is 77.0 Å². The molecule has 7 heteroatoms. The van der Waals surface area contributed by atoms with Crippen molar-refractivity contribution in [2.45, 2.75) is 50.4 Å². The molecule has 1 aliphatic heterocycles. The second kappa shape index (κ2) is 9.20. The molecule has 1 N–H and O–H groups in total. The third-order valence-corrected chi connectivity index (χ3v) is 6.78. The number of nitrogens with one attached hydrogen (secondary N) is 1. The van der Waals surface area contributed by atoms with Crippen molar-refractivity contribution in [3.8, 4) is 5.75 Å². The third kappa shape index (κ3) is 4.05. The molecule has 164 valence electrons. The Morgan fingerprint density at radius 2 is 1.94 bits per heavy atom. The molecular weight excluding hydrogens is 420 g/mol. The number of hydrogen-bond acceptors (Lipinski definition) is 6. The third-order valence-electron chi connectivity index (χ3n) is 5.73. The van der Waals surface area contributed by atoms with E-state index in [1.165, 1.54) is 0 Å². The molecule has 6 nitrogen and oxygen atoms in total. The SMILES string of the molecule is CCCSc1nc2n(n1)C(c1ccccc1OCc1ccccc1)C1=C(CCCC1=O)N2. The summed E-state index contributed by atoms with van der Waals surface area (Å²) < 4.78 is 8.12. The van der Waals surface area contributed by atoms with Crippen molar-refractivity contribution < 1.29 is 9.53 Å². The Bertz CT molecular complexity index is 1160. The average Bonchev–Trinajstić information content (AvgIpc) is 3.23. The minimum Gasteiger partial charge on any atom is -0.489 e. The number of para-hydroxylation sites is 1. The summed E-state index contributed by atoms with van der Waals surface area (Å²) in [5, 5.41) is 8.92. The number of thioether (sulfide) groups is 1. The van der Waals surface area contributed by atoms with Crippen molar-refractivity contribution in [3.63, 3.8) is 0 Å². The standard InChI is InChI=1S/C25H26N4O2S/c1-2-15-32-25-27-24-26-19-12-8-13-20(30)22(19)23(29(24)28-25)18-11-6-7-14-21(18)31-16-17-9-4-3-5-10-17/h3-7,9-11,14,23H,2,8,12-13,15-16H2,1H3,(H,26,27,28). The molecule has 32 heavy (non-hydrogen) atoms. The first-order chi connectivity index (χ1) is 15.7. The molecule has 2 aromatic carbocycles. The number of rotatable bonds is 7. The first kappa shape index (κ1) is 20.8. The maximum Gasteiger partial charge on any atom is 0.227 e. The van der Waals surface area contributed by atoms with Crippen LogP contribution >= 0.6 is 11.8 Å². The molecule has 3 aromatic rings. The number of benzene rings is 2. The highest BCUT2D eigenvalue weighted by Crippen LogP contribution is 2.43. The molecule has 1 aliphatic carbocycles. The lowest BCUT2D eigenvalue weighted by atomic mass is 9.85. The summed E-state index contributed by atoms with van der Waals surface area (Å²) in [5.74, 6) is 2.58. The second-order valence-electron chi connectivity index (χ2n) is 8.02. The highest BCUT2D eigenvalue weighted by molar-refractivity contribution is 7.99. The molecule has 2 heterocycles. The number of carbonyl (C=O) groups excluding carboxylic acids is 1. The summed E-state index contributed by atoms with van der Waals surface area (Å²) >= 11 is 1.64. The quantitative estimate of drug-likeness (QED) is 0.491. The molecule has 0 fully saturated rings. The predicted molar refractivity (Wildman–Crippen MR) is 126 cm³/mol. The first-order valence-corrected chi connectivity index (χ1v) is 12.1. The van der Waals surface area contributed by atoms with Gasteiger partial charge < -0.3 is 10.1 Å². The molecule has 0 radical (unpaired) electrons. The fourth-order valence-corrected chi connectivity index (χ4v) is 4.94. The Morgan fingerprint density at radius 3 is 2.78 bits per heavy atom. The number of Topliss-reactive ketones (excluding diaryl/α,β-unsaturated/α-hetero) is 1. The van der Waals surface area contributed by atoms with Crippen LogP contribution in [0, 0.1) is 0 Å². The Kier molecular flexibility index (Phi) is 5.99. The van der Waals surface area contributed by atoms with E-state index in [9.17, 15) is 4.79 Å². The Morgan fingerprint density at radius 1 is 1.12 bits per heavy atom. The predicted octanol–water partition coefficient (Wildman–Crippen LogP) is 5.38. The highest BCUT2D eigenvalue weighted by Gasteiger charge is 2.38. The highest BCUT2D eigenvalue weighted by atomic mass is 32.2. The fourth-order valence-electron chi connectivity index (χ4n) is 4.25. The maximum atomic E-state index is 13.1. The van der Waals surface area contributed by atoms with Crippen LogP contribution in [-0.2, 0) is 11.4 Å². The zero-order valence-corrected chi connectivity index (χ0v) is 18.9. The largest absolute Gasteiger partial charge is 0.489 e. The zero-order chi connectivity index (χ0) is 21.9. The monoisotopic (exact) mass is 446 g/mol. The topological polar surface area (TPSA) is 69.0 Å². The first-order valence-electron chi connectivity index (χ1n) is 11.1. The maximum absolute atomic E-state index is 13.1. The number of aromatic nitrogens is 3. The minimum atomic E-state index is -0.343. The summed E-state index contributed by atoms with van der Waals surface area (Å²) in [5.41, 5.74) is 3.79. The van der Waals surface area contributed by atoms with Gasteiger partial charge in [-0.3, -0.25) is 4.79 Å². The number of hydrogen-bond donors (Lipinski definition) is 1. The number of fused-ring (bicyclic) bond motifs is 1. The van der Waals surface area contributed by atoms with Crippen LogP contribution in [-0.4, -0.2) is 26.3 Å².